The van der Waals surface area contributed by atoms with E-state index in [0.717, 1.165) is 36.7 Å². The van der Waals surface area contributed by atoms with E-state index in [-0.39, 0.29) is 0 Å². The van der Waals surface area contributed by atoms with Crippen molar-refractivity contribution in [3.8, 4) is 0 Å². The fraction of sp³-hybridized carbons (Fsp3) is 0.438. The first-order chi connectivity index (χ1) is 10.1. The summed E-state index contributed by atoms with van der Waals surface area (Å²) in [5.41, 5.74) is 3.59. The summed E-state index contributed by atoms with van der Waals surface area (Å²) in [6, 6.07) is 6.19. The van der Waals surface area contributed by atoms with Crippen molar-refractivity contribution in [2.75, 3.05) is 26.3 Å². The van der Waals surface area contributed by atoms with Gasteiger partial charge in [0.2, 0.25) is 0 Å². The van der Waals surface area contributed by atoms with Gasteiger partial charge in [-0.15, -0.1) is 0 Å². The van der Waals surface area contributed by atoms with Gasteiger partial charge in [0.25, 0.3) is 0 Å². The highest BCUT2D eigenvalue weighted by Gasteiger charge is 2.38. The number of nitrogens with zero attached hydrogens (tertiary/aromatic N) is 1. The molecule has 2 aliphatic heterocycles. The molecule has 5 heteroatoms. The van der Waals surface area contributed by atoms with Crippen molar-refractivity contribution in [1.29, 1.82) is 0 Å². The molecule has 0 spiro atoms. The molecule has 0 radical (unpaired) electrons. The van der Waals surface area contributed by atoms with Crippen molar-refractivity contribution in [3.63, 3.8) is 0 Å². The molecule has 0 bridgehead atoms. The molecule has 110 valence electrons. The lowest BCUT2D eigenvalue weighted by Gasteiger charge is -2.41. The molecule has 0 atom stereocenters. The van der Waals surface area contributed by atoms with Gasteiger partial charge in [0.15, 0.2) is 6.29 Å². The number of aromatic amines is 1. The summed E-state index contributed by atoms with van der Waals surface area (Å²) in [7, 11) is 0. The third-order valence-electron chi connectivity index (χ3n) is 4.44. The Hall–Kier alpha value is -1.69. The Kier molecular flexibility index (Phi) is 2.89. The Morgan fingerprint density at radius 1 is 1.33 bits per heavy atom. The van der Waals surface area contributed by atoms with E-state index in [1.807, 2.05) is 6.07 Å². The van der Waals surface area contributed by atoms with Crippen LogP contribution in [0.25, 0.3) is 10.9 Å². The number of aldehydes is 1. The number of hydrogen-bond acceptors (Lipinski definition) is 4. The summed E-state index contributed by atoms with van der Waals surface area (Å²) in [6.07, 6.45) is 1.81. The van der Waals surface area contributed by atoms with Gasteiger partial charge in [0, 0.05) is 30.5 Å². The first-order valence-electron chi connectivity index (χ1n) is 7.27. The Morgan fingerprint density at radius 2 is 2.19 bits per heavy atom. The molecule has 4 rings (SSSR count). The molecule has 2 aliphatic rings. The summed E-state index contributed by atoms with van der Waals surface area (Å²) in [5, 5.41) is 11.3. The zero-order valence-corrected chi connectivity index (χ0v) is 11.8. The van der Waals surface area contributed by atoms with Gasteiger partial charge in [-0.3, -0.25) is 9.69 Å². The van der Waals surface area contributed by atoms with Crippen LogP contribution in [0.1, 0.15) is 21.6 Å². The SMILES string of the molecule is O=Cc1cc2cc3c(cc2[nH]1)CCN(CC1(O)COC1)C3. The zero-order chi connectivity index (χ0) is 14.4. The topological polar surface area (TPSA) is 65.6 Å². The van der Waals surface area contributed by atoms with Crippen LogP contribution in [-0.4, -0.2) is 53.2 Å². The molecule has 1 aromatic heterocycles. The normalized spacial score (nSPS) is 21.0. The molecule has 0 aliphatic carbocycles. The van der Waals surface area contributed by atoms with E-state index < -0.39 is 5.60 Å². The summed E-state index contributed by atoms with van der Waals surface area (Å²) >= 11 is 0. The van der Waals surface area contributed by atoms with Crippen LogP contribution in [0.3, 0.4) is 0 Å². The van der Waals surface area contributed by atoms with Gasteiger partial charge >= 0.3 is 0 Å². The Labute approximate surface area is 122 Å². The number of aromatic nitrogens is 1. The van der Waals surface area contributed by atoms with Crippen LogP contribution in [0.15, 0.2) is 18.2 Å². The van der Waals surface area contributed by atoms with E-state index in [2.05, 4.69) is 22.0 Å². The van der Waals surface area contributed by atoms with Crippen LogP contribution in [0.5, 0.6) is 0 Å². The number of carbonyl (C=O) groups is 1. The first-order valence-corrected chi connectivity index (χ1v) is 7.27. The predicted octanol–water partition coefficient (Wildman–Crippen LogP) is 1.10. The van der Waals surface area contributed by atoms with Crippen LogP contribution in [0, 0.1) is 0 Å². The maximum atomic E-state index is 10.9. The number of ether oxygens (including phenoxy) is 1. The third kappa shape index (κ3) is 2.27. The Morgan fingerprint density at radius 3 is 2.90 bits per heavy atom. The van der Waals surface area contributed by atoms with E-state index in [1.54, 1.807) is 0 Å². The molecule has 21 heavy (non-hydrogen) atoms. The number of fused-ring (bicyclic) bond motifs is 2. The summed E-state index contributed by atoms with van der Waals surface area (Å²) in [6.45, 7) is 3.33. The minimum Gasteiger partial charge on any atom is -0.384 e. The number of nitrogens with one attached hydrogen (secondary N) is 1. The number of carbonyl (C=O) groups excluding carboxylic acids is 1. The maximum Gasteiger partial charge on any atom is 0.166 e. The monoisotopic (exact) mass is 286 g/mol. The second kappa shape index (κ2) is 4.66. The van der Waals surface area contributed by atoms with Gasteiger partial charge in [-0.1, -0.05) is 0 Å². The lowest BCUT2D eigenvalue weighted by molar-refractivity contribution is -0.188. The largest absolute Gasteiger partial charge is 0.384 e. The predicted molar refractivity (Wildman–Crippen MR) is 78.4 cm³/mol. The third-order valence-corrected chi connectivity index (χ3v) is 4.44. The van der Waals surface area contributed by atoms with Crippen molar-refractivity contribution in [3.05, 3.63) is 35.0 Å². The maximum absolute atomic E-state index is 10.9. The molecule has 0 amide bonds. The molecule has 1 fully saturated rings. The number of rotatable bonds is 3. The molecular formula is C16H18N2O3. The van der Waals surface area contributed by atoms with Crippen LogP contribution >= 0.6 is 0 Å². The van der Waals surface area contributed by atoms with Gasteiger partial charge in [0.1, 0.15) is 5.60 Å². The van der Waals surface area contributed by atoms with E-state index >= 15 is 0 Å². The van der Waals surface area contributed by atoms with E-state index in [0.29, 0.717) is 25.5 Å². The average Bonchev–Trinajstić information content (AvgIpc) is 2.85. The van der Waals surface area contributed by atoms with Gasteiger partial charge < -0.3 is 14.8 Å². The minimum atomic E-state index is -0.666. The van der Waals surface area contributed by atoms with E-state index in [9.17, 15) is 9.90 Å². The Bertz CT molecular complexity index is 703. The van der Waals surface area contributed by atoms with Gasteiger partial charge in [-0.05, 0) is 35.7 Å². The molecule has 2 aromatic rings. The van der Waals surface area contributed by atoms with Gasteiger partial charge in [-0.2, -0.15) is 0 Å². The summed E-state index contributed by atoms with van der Waals surface area (Å²) in [4.78, 5) is 16.3. The van der Waals surface area contributed by atoms with Crippen LogP contribution < -0.4 is 0 Å². The molecular weight excluding hydrogens is 268 g/mol. The highest BCUT2D eigenvalue weighted by molar-refractivity contribution is 5.88. The molecule has 0 saturated carbocycles. The fourth-order valence-electron chi connectivity index (χ4n) is 3.32. The van der Waals surface area contributed by atoms with E-state index in [4.69, 9.17) is 4.74 Å². The second-order valence-electron chi connectivity index (χ2n) is 6.23. The molecule has 2 N–H and O–H groups in total. The zero-order valence-electron chi connectivity index (χ0n) is 11.8. The van der Waals surface area contributed by atoms with Crippen LogP contribution in [0.4, 0.5) is 0 Å². The van der Waals surface area contributed by atoms with Crippen LogP contribution in [-0.2, 0) is 17.7 Å². The number of benzene rings is 1. The number of aliphatic hydroxyl groups is 1. The van der Waals surface area contributed by atoms with Crippen molar-refractivity contribution < 1.29 is 14.6 Å². The smallest absolute Gasteiger partial charge is 0.166 e. The lowest BCUT2D eigenvalue weighted by atomic mass is 9.95. The molecule has 1 aromatic carbocycles. The number of β-amino-alcohol motifs (C(OH)–C–C–N with tert-alkyl or cyclic N) is 1. The average molecular weight is 286 g/mol. The molecule has 5 nitrogen and oxygen atoms in total. The van der Waals surface area contributed by atoms with Crippen molar-refractivity contribution >= 4 is 17.2 Å². The standard InChI is InChI=1S/C16H18N2O3/c19-7-14-4-12-3-13-6-18(8-16(20)9-21-10-16)2-1-11(13)5-15(12)17-14/h3-5,7,17,20H,1-2,6,8-10H2. The quantitative estimate of drug-likeness (QED) is 0.829. The first kappa shape index (κ1) is 13.0. The minimum absolute atomic E-state index is 0.440. The summed E-state index contributed by atoms with van der Waals surface area (Å²) < 4.78 is 5.11. The molecule has 1 saturated heterocycles. The highest BCUT2D eigenvalue weighted by atomic mass is 16.5. The number of hydrogen-bond donors (Lipinski definition) is 2. The van der Waals surface area contributed by atoms with Crippen LogP contribution in [0.2, 0.25) is 0 Å². The number of H-pyrrole nitrogens is 1. The van der Waals surface area contributed by atoms with Crippen molar-refractivity contribution in [1.82, 2.24) is 9.88 Å². The van der Waals surface area contributed by atoms with Gasteiger partial charge in [0.05, 0.1) is 18.9 Å². The van der Waals surface area contributed by atoms with Crippen molar-refractivity contribution in [2.24, 2.45) is 0 Å². The second-order valence-corrected chi connectivity index (χ2v) is 6.23. The molecule has 3 heterocycles. The van der Waals surface area contributed by atoms with Crippen molar-refractivity contribution in [2.45, 2.75) is 18.6 Å². The molecule has 0 unspecified atom stereocenters. The lowest BCUT2D eigenvalue weighted by Crippen LogP contribution is -2.57. The highest BCUT2D eigenvalue weighted by Crippen LogP contribution is 2.27. The van der Waals surface area contributed by atoms with E-state index in [1.165, 1.54) is 11.1 Å². The van der Waals surface area contributed by atoms with Gasteiger partial charge in [-0.25, -0.2) is 0 Å². The fourth-order valence-corrected chi connectivity index (χ4v) is 3.32. The Balaban J connectivity index is 1.60. The summed E-state index contributed by atoms with van der Waals surface area (Å²) in [5.74, 6) is 0.